The highest BCUT2D eigenvalue weighted by atomic mass is 35.5. The number of hydrogen-bond acceptors (Lipinski definition) is 3. The molecule has 1 aliphatic rings. The van der Waals surface area contributed by atoms with E-state index in [1.165, 1.54) is 23.1 Å². The van der Waals surface area contributed by atoms with Crippen molar-refractivity contribution in [3.05, 3.63) is 76.1 Å². The van der Waals surface area contributed by atoms with Crippen LogP contribution in [-0.4, -0.2) is 29.3 Å². The van der Waals surface area contributed by atoms with Gasteiger partial charge in [0.15, 0.2) is 5.82 Å². The molecule has 3 rings (SSSR count). The summed E-state index contributed by atoms with van der Waals surface area (Å²) in [5, 5.41) is 9.14. The van der Waals surface area contributed by atoms with Gasteiger partial charge in [0.1, 0.15) is 6.04 Å². The quantitative estimate of drug-likeness (QED) is 0.841. The first-order valence-corrected chi connectivity index (χ1v) is 9.03. The molecule has 0 saturated carbocycles. The van der Waals surface area contributed by atoms with E-state index in [9.17, 15) is 19.2 Å². The number of benzene rings is 2. The third kappa shape index (κ3) is 3.90. The van der Waals surface area contributed by atoms with Gasteiger partial charge in [0.2, 0.25) is 11.8 Å². The van der Waals surface area contributed by atoms with Crippen molar-refractivity contribution < 1.29 is 14.0 Å². The maximum atomic E-state index is 14.5. The van der Waals surface area contributed by atoms with E-state index in [1.54, 1.807) is 0 Å². The molecule has 2 aromatic rings. The number of nitrogens with two attached hydrogens (primary N) is 1. The number of amides is 2. The summed E-state index contributed by atoms with van der Waals surface area (Å²) in [5.74, 6) is -1.80. The summed E-state index contributed by atoms with van der Waals surface area (Å²) in [5.41, 5.74) is 6.92. The third-order valence-electron chi connectivity index (χ3n) is 4.72. The number of halogens is 2. The Morgan fingerprint density at radius 1 is 1.29 bits per heavy atom. The fourth-order valence-corrected chi connectivity index (χ4v) is 3.48. The molecule has 28 heavy (non-hydrogen) atoms. The highest BCUT2D eigenvalue weighted by Crippen LogP contribution is 2.32. The number of primary amides is 1. The van der Waals surface area contributed by atoms with Gasteiger partial charge in [-0.15, -0.1) is 0 Å². The zero-order chi connectivity index (χ0) is 20.3. The highest BCUT2D eigenvalue weighted by Gasteiger charge is 2.31. The zero-order valence-corrected chi connectivity index (χ0v) is 15.6. The molecule has 2 amide bonds. The molecule has 1 unspecified atom stereocenters. The van der Waals surface area contributed by atoms with Gasteiger partial charge < -0.3 is 10.6 Å². The lowest BCUT2D eigenvalue weighted by atomic mass is 9.93. The Hall–Kier alpha value is -3.17. The smallest absolute Gasteiger partial charge is 0.247 e. The first-order valence-electron chi connectivity index (χ1n) is 8.65. The molecular weight excluding hydrogens is 381 g/mol. The van der Waals surface area contributed by atoms with Crippen LogP contribution in [0.5, 0.6) is 0 Å². The van der Waals surface area contributed by atoms with Gasteiger partial charge >= 0.3 is 0 Å². The van der Waals surface area contributed by atoms with Crippen LogP contribution in [0.1, 0.15) is 23.1 Å². The zero-order valence-electron chi connectivity index (χ0n) is 14.9. The molecule has 0 saturated heterocycles. The van der Waals surface area contributed by atoms with Crippen molar-refractivity contribution in [2.75, 3.05) is 6.54 Å². The van der Waals surface area contributed by atoms with Crippen molar-refractivity contribution in [3.8, 4) is 6.07 Å². The van der Waals surface area contributed by atoms with Gasteiger partial charge in [-0.2, -0.15) is 5.26 Å². The second kappa shape index (κ2) is 8.24. The summed E-state index contributed by atoms with van der Waals surface area (Å²) in [4.78, 5) is 26.1. The van der Waals surface area contributed by atoms with Gasteiger partial charge in [-0.3, -0.25) is 9.59 Å². The van der Waals surface area contributed by atoms with E-state index >= 15 is 0 Å². The van der Waals surface area contributed by atoms with Crippen molar-refractivity contribution in [2.45, 2.75) is 18.9 Å². The lowest BCUT2D eigenvalue weighted by Crippen LogP contribution is -2.50. The lowest BCUT2D eigenvalue weighted by molar-refractivity contribution is -0.135. The third-order valence-corrected chi connectivity index (χ3v) is 5.01. The highest BCUT2D eigenvalue weighted by molar-refractivity contribution is 6.31. The Bertz CT molecular complexity index is 999. The molecule has 0 spiro atoms. The number of carbonyl (C=O) groups excluding carboxylic acids is 2. The van der Waals surface area contributed by atoms with Crippen molar-refractivity contribution in [1.29, 1.82) is 5.26 Å². The van der Waals surface area contributed by atoms with Crippen molar-refractivity contribution in [2.24, 2.45) is 5.73 Å². The minimum Gasteiger partial charge on any atom is -0.368 e. The van der Waals surface area contributed by atoms with E-state index in [2.05, 4.69) is 0 Å². The van der Waals surface area contributed by atoms with Gasteiger partial charge in [-0.1, -0.05) is 41.9 Å². The van der Waals surface area contributed by atoms with Crippen LogP contribution in [0.4, 0.5) is 4.39 Å². The summed E-state index contributed by atoms with van der Waals surface area (Å²) in [7, 11) is 0. The Balaban J connectivity index is 1.91. The molecule has 0 radical (unpaired) electrons. The number of carbonyl (C=O) groups is 2. The van der Waals surface area contributed by atoms with E-state index in [0.717, 1.165) is 5.56 Å². The second-order valence-electron chi connectivity index (χ2n) is 6.45. The van der Waals surface area contributed by atoms with Gasteiger partial charge in [-0.05, 0) is 29.7 Å². The molecule has 7 heteroatoms. The fraction of sp³-hybridized carbons (Fsp3) is 0.190. The molecule has 1 heterocycles. The first kappa shape index (κ1) is 19.6. The molecule has 2 aromatic carbocycles. The lowest BCUT2D eigenvalue weighted by Gasteiger charge is -2.32. The molecule has 2 N–H and O–H groups in total. The van der Waals surface area contributed by atoms with E-state index < -0.39 is 23.7 Å². The van der Waals surface area contributed by atoms with Crippen LogP contribution in [0.25, 0.3) is 5.57 Å². The van der Waals surface area contributed by atoms with Crippen LogP contribution in [0.15, 0.2) is 48.5 Å². The molecule has 0 aliphatic carbocycles. The largest absolute Gasteiger partial charge is 0.368 e. The summed E-state index contributed by atoms with van der Waals surface area (Å²) < 4.78 is 14.5. The molecule has 0 bridgehead atoms. The van der Waals surface area contributed by atoms with Crippen LogP contribution < -0.4 is 5.73 Å². The average Bonchev–Trinajstić information content (AvgIpc) is 2.69. The minimum atomic E-state index is -0.813. The molecule has 0 aromatic heterocycles. The van der Waals surface area contributed by atoms with Crippen LogP contribution in [0.2, 0.25) is 5.02 Å². The maximum Gasteiger partial charge on any atom is 0.247 e. The normalized spacial score (nSPS) is 15.0. The van der Waals surface area contributed by atoms with Gasteiger partial charge in [0.05, 0.1) is 16.7 Å². The predicted octanol–water partition coefficient (Wildman–Crippen LogP) is 3.06. The average molecular weight is 398 g/mol. The fourth-order valence-electron chi connectivity index (χ4n) is 3.32. The number of hydrogen-bond donors (Lipinski definition) is 1. The minimum absolute atomic E-state index is 0.0293. The molecule has 1 atom stereocenters. The molecule has 142 valence electrons. The summed E-state index contributed by atoms with van der Waals surface area (Å²) in [6.45, 7) is 0.182. The topological polar surface area (TPSA) is 87.2 Å². The van der Waals surface area contributed by atoms with Crippen LogP contribution in [0, 0.1) is 17.1 Å². The predicted molar refractivity (Wildman–Crippen MR) is 104 cm³/mol. The van der Waals surface area contributed by atoms with Crippen LogP contribution in [-0.2, 0) is 16.0 Å². The standard InChI is InChI=1S/C21H17ClFN3O2/c22-16-7-6-15(12-24)19(20(16)23)14-8-9-26(18(27)11-14)17(21(25)28)10-13-4-2-1-3-5-13/h1-7,11,17H,8-10H2,(H2,25,28). The molecule has 1 aliphatic heterocycles. The molecular formula is C21H17ClFN3O2. The van der Waals surface area contributed by atoms with Crippen LogP contribution in [0.3, 0.4) is 0 Å². The van der Waals surface area contributed by atoms with E-state index in [-0.39, 0.29) is 29.1 Å². The van der Waals surface area contributed by atoms with Crippen molar-refractivity contribution in [1.82, 2.24) is 4.90 Å². The molecule has 5 nitrogen and oxygen atoms in total. The molecule has 0 fully saturated rings. The van der Waals surface area contributed by atoms with Crippen molar-refractivity contribution in [3.63, 3.8) is 0 Å². The van der Waals surface area contributed by atoms with Crippen LogP contribution >= 0.6 is 11.6 Å². The van der Waals surface area contributed by atoms with E-state index in [4.69, 9.17) is 17.3 Å². The monoisotopic (exact) mass is 397 g/mol. The van der Waals surface area contributed by atoms with Crippen molar-refractivity contribution >= 4 is 29.0 Å². The van der Waals surface area contributed by atoms with E-state index in [1.807, 2.05) is 36.4 Å². The summed E-state index contributed by atoms with van der Waals surface area (Å²) >= 11 is 5.84. The number of nitriles is 1. The number of rotatable bonds is 5. The Morgan fingerprint density at radius 2 is 2.00 bits per heavy atom. The van der Waals surface area contributed by atoms with Gasteiger partial charge in [-0.25, -0.2) is 4.39 Å². The SMILES string of the molecule is N#Cc1ccc(Cl)c(F)c1C1=CC(=O)N(C(Cc2ccccc2)C(N)=O)CC1. The number of nitrogens with zero attached hydrogens (tertiary/aromatic N) is 2. The Morgan fingerprint density at radius 3 is 2.61 bits per heavy atom. The summed E-state index contributed by atoms with van der Waals surface area (Å²) in [6.07, 6.45) is 1.82. The van der Waals surface area contributed by atoms with Gasteiger partial charge in [0, 0.05) is 24.6 Å². The first-order chi connectivity index (χ1) is 13.4. The van der Waals surface area contributed by atoms with E-state index in [0.29, 0.717) is 12.0 Å². The summed E-state index contributed by atoms with van der Waals surface area (Å²) in [6, 6.07) is 13.1. The second-order valence-corrected chi connectivity index (χ2v) is 6.86. The Labute approximate surface area is 166 Å². The van der Waals surface area contributed by atoms with Gasteiger partial charge in [0.25, 0.3) is 0 Å². The Kier molecular flexibility index (Phi) is 5.76. The maximum absolute atomic E-state index is 14.5.